The van der Waals surface area contributed by atoms with Crippen molar-refractivity contribution >= 4 is 18.2 Å². The lowest BCUT2D eigenvalue weighted by Crippen LogP contribution is -2.47. The summed E-state index contributed by atoms with van der Waals surface area (Å²) in [7, 11) is 0. The Morgan fingerprint density at radius 1 is 1.10 bits per heavy atom. The number of benzene rings is 2. The van der Waals surface area contributed by atoms with Gasteiger partial charge in [0, 0.05) is 41.0 Å². The minimum atomic E-state index is -0.916. The van der Waals surface area contributed by atoms with Gasteiger partial charge in [-0.2, -0.15) is 5.10 Å². The standard InChI is InChI=1S/C33H38N6O3/c1-23-17-28(24(2)39(23)30-15-13-27(14-16-30)26-11-7-4-8-12-26)19-36-38-32(40)31(18-29-20-34-22-35-29)37-33(41)42-21-25-9-5-3-6-10-25/h3,5-6,9-10,13-17,19-20,22,26,31H,4,7-8,11-12,18,21H2,1-2H3,(H,34,35)(H,37,41)(H,38,40)/b36-19-/t31-/m0/s1. The molecule has 1 aliphatic rings. The molecule has 9 heteroatoms. The number of aryl methyl sites for hydroxylation is 1. The Kier molecular flexibility index (Phi) is 9.48. The first-order chi connectivity index (χ1) is 20.5. The van der Waals surface area contributed by atoms with Crippen LogP contribution in [0.3, 0.4) is 0 Å². The molecule has 9 nitrogen and oxygen atoms in total. The molecule has 1 aliphatic carbocycles. The second-order valence-corrected chi connectivity index (χ2v) is 10.9. The molecule has 0 unspecified atom stereocenters. The van der Waals surface area contributed by atoms with E-state index < -0.39 is 18.0 Å². The summed E-state index contributed by atoms with van der Waals surface area (Å²) in [6.45, 7) is 4.20. The summed E-state index contributed by atoms with van der Waals surface area (Å²) in [6.07, 6.45) is 10.8. The van der Waals surface area contributed by atoms with E-state index in [0.717, 1.165) is 28.2 Å². The maximum atomic E-state index is 13.1. The van der Waals surface area contributed by atoms with E-state index in [4.69, 9.17) is 4.74 Å². The fourth-order valence-corrected chi connectivity index (χ4v) is 5.62. The Bertz CT molecular complexity index is 1490. The van der Waals surface area contributed by atoms with Gasteiger partial charge >= 0.3 is 6.09 Å². The molecule has 5 rings (SSSR count). The number of amides is 2. The first-order valence-electron chi connectivity index (χ1n) is 14.5. The average Bonchev–Trinajstić information content (AvgIpc) is 3.63. The summed E-state index contributed by atoms with van der Waals surface area (Å²) >= 11 is 0. The van der Waals surface area contributed by atoms with Crippen LogP contribution in [0.5, 0.6) is 0 Å². The number of hydrogen-bond acceptors (Lipinski definition) is 5. The molecule has 3 N–H and O–H groups in total. The number of rotatable bonds is 10. The third-order valence-corrected chi connectivity index (χ3v) is 7.88. The fourth-order valence-electron chi connectivity index (χ4n) is 5.62. The van der Waals surface area contributed by atoms with Gasteiger partial charge in [0.15, 0.2) is 0 Å². The quantitative estimate of drug-likeness (QED) is 0.165. The molecule has 2 heterocycles. The minimum Gasteiger partial charge on any atom is -0.445 e. The van der Waals surface area contributed by atoms with Crippen LogP contribution in [0.4, 0.5) is 4.79 Å². The van der Waals surface area contributed by atoms with E-state index in [0.29, 0.717) is 11.6 Å². The maximum absolute atomic E-state index is 13.1. The maximum Gasteiger partial charge on any atom is 0.408 e. The van der Waals surface area contributed by atoms with Gasteiger partial charge in [-0.3, -0.25) is 4.79 Å². The molecule has 42 heavy (non-hydrogen) atoms. The van der Waals surface area contributed by atoms with Crippen LogP contribution in [0.25, 0.3) is 5.69 Å². The number of nitrogens with zero attached hydrogens (tertiary/aromatic N) is 3. The Hall–Kier alpha value is -4.66. The summed E-state index contributed by atoms with van der Waals surface area (Å²) in [4.78, 5) is 32.5. The third kappa shape index (κ3) is 7.34. The van der Waals surface area contributed by atoms with Gasteiger partial charge in [0.1, 0.15) is 12.6 Å². The minimum absolute atomic E-state index is 0.0994. The van der Waals surface area contributed by atoms with Crippen molar-refractivity contribution in [2.75, 3.05) is 0 Å². The van der Waals surface area contributed by atoms with Crippen molar-refractivity contribution < 1.29 is 14.3 Å². The number of hydrogen-bond donors (Lipinski definition) is 3. The number of imidazole rings is 1. The van der Waals surface area contributed by atoms with Crippen molar-refractivity contribution in [3.8, 4) is 5.69 Å². The molecule has 0 radical (unpaired) electrons. The number of ether oxygens (including phenoxy) is 1. The van der Waals surface area contributed by atoms with E-state index in [2.05, 4.69) is 61.6 Å². The smallest absolute Gasteiger partial charge is 0.408 e. The largest absolute Gasteiger partial charge is 0.445 e. The molecule has 0 spiro atoms. The summed E-state index contributed by atoms with van der Waals surface area (Å²) in [5.41, 5.74) is 9.64. The number of aromatic nitrogens is 3. The van der Waals surface area contributed by atoms with Gasteiger partial charge < -0.3 is 19.6 Å². The number of alkyl carbamates (subject to hydrolysis) is 1. The van der Waals surface area contributed by atoms with Gasteiger partial charge in [-0.15, -0.1) is 0 Å². The average molecular weight is 567 g/mol. The first-order valence-corrected chi connectivity index (χ1v) is 14.5. The summed E-state index contributed by atoms with van der Waals surface area (Å²) in [6, 6.07) is 19.4. The van der Waals surface area contributed by atoms with Crippen LogP contribution in [0.2, 0.25) is 0 Å². The van der Waals surface area contributed by atoms with Gasteiger partial charge in [0.05, 0.1) is 12.5 Å². The van der Waals surface area contributed by atoms with Crippen LogP contribution < -0.4 is 10.7 Å². The Labute approximate surface area is 246 Å². The number of hydrazone groups is 1. The molecule has 0 saturated heterocycles. The number of carbonyl (C=O) groups excluding carboxylic acids is 2. The van der Waals surface area contributed by atoms with Crippen molar-refractivity contribution in [1.82, 2.24) is 25.3 Å². The molecule has 2 aromatic heterocycles. The zero-order valence-electron chi connectivity index (χ0n) is 24.2. The number of H-pyrrole nitrogens is 1. The SMILES string of the molecule is Cc1cc(/C=N\NC(=O)[C@H](Cc2cnc[nH]2)NC(=O)OCc2ccccc2)c(C)n1-c1ccc(C2CCCCC2)cc1. The van der Waals surface area contributed by atoms with E-state index >= 15 is 0 Å². The lowest BCUT2D eigenvalue weighted by atomic mass is 9.84. The topological polar surface area (TPSA) is 113 Å². The molecule has 218 valence electrons. The van der Waals surface area contributed by atoms with E-state index in [-0.39, 0.29) is 13.0 Å². The van der Waals surface area contributed by atoms with E-state index in [9.17, 15) is 9.59 Å². The lowest BCUT2D eigenvalue weighted by Gasteiger charge is -2.22. The van der Waals surface area contributed by atoms with Crippen molar-refractivity contribution in [2.24, 2.45) is 5.10 Å². The first kappa shape index (κ1) is 28.9. The van der Waals surface area contributed by atoms with E-state index in [1.54, 1.807) is 12.4 Å². The summed E-state index contributed by atoms with van der Waals surface area (Å²) in [5.74, 6) is 0.202. The predicted octanol–water partition coefficient (Wildman–Crippen LogP) is 5.85. The molecule has 0 bridgehead atoms. The highest BCUT2D eigenvalue weighted by atomic mass is 16.5. The van der Waals surface area contributed by atoms with Crippen LogP contribution in [-0.4, -0.2) is 38.8 Å². The number of aromatic amines is 1. The van der Waals surface area contributed by atoms with Crippen LogP contribution in [0.15, 0.2) is 78.3 Å². The van der Waals surface area contributed by atoms with Crippen molar-refractivity contribution in [2.45, 2.75) is 70.9 Å². The van der Waals surface area contributed by atoms with Crippen LogP contribution in [0, 0.1) is 13.8 Å². The fraction of sp³-hybridized carbons (Fsp3) is 0.333. The highest BCUT2D eigenvalue weighted by molar-refractivity contribution is 5.88. The highest BCUT2D eigenvalue weighted by Gasteiger charge is 2.23. The summed E-state index contributed by atoms with van der Waals surface area (Å²) in [5, 5.41) is 6.87. The zero-order valence-corrected chi connectivity index (χ0v) is 24.2. The second kappa shape index (κ2) is 13.8. The van der Waals surface area contributed by atoms with Crippen LogP contribution >= 0.6 is 0 Å². The molecule has 1 atom stereocenters. The normalized spacial score (nSPS) is 14.5. The Morgan fingerprint density at radius 3 is 2.57 bits per heavy atom. The molecular formula is C33H38N6O3. The predicted molar refractivity (Wildman–Crippen MR) is 163 cm³/mol. The number of carbonyl (C=O) groups is 2. The van der Waals surface area contributed by atoms with Crippen LogP contribution in [0.1, 0.15) is 71.8 Å². The molecular weight excluding hydrogens is 528 g/mol. The van der Waals surface area contributed by atoms with Gasteiger partial charge in [0.25, 0.3) is 5.91 Å². The number of nitrogens with one attached hydrogen (secondary N) is 3. The van der Waals surface area contributed by atoms with Crippen molar-refractivity contribution in [3.63, 3.8) is 0 Å². The van der Waals surface area contributed by atoms with Crippen molar-refractivity contribution in [3.05, 3.63) is 107 Å². The molecule has 4 aromatic rings. The van der Waals surface area contributed by atoms with Gasteiger partial charge in [0.2, 0.25) is 0 Å². The molecule has 1 fully saturated rings. The molecule has 2 amide bonds. The third-order valence-electron chi connectivity index (χ3n) is 7.88. The van der Waals surface area contributed by atoms with Gasteiger partial charge in [-0.1, -0.05) is 61.7 Å². The Balaban J connectivity index is 1.22. The molecule has 0 aliphatic heterocycles. The van der Waals surface area contributed by atoms with E-state index in [1.807, 2.05) is 43.3 Å². The van der Waals surface area contributed by atoms with Gasteiger partial charge in [-0.25, -0.2) is 15.2 Å². The van der Waals surface area contributed by atoms with E-state index in [1.165, 1.54) is 44.0 Å². The second-order valence-electron chi connectivity index (χ2n) is 10.9. The van der Waals surface area contributed by atoms with Crippen molar-refractivity contribution in [1.29, 1.82) is 0 Å². The lowest BCUT2D eigenvalue weighted by molar-refractivity contribution is -0.123. The highest BCUT2D eigenvalue weighted by Crippen LogP contribution is 2.33. The zero-order chi connectivity index (χ0) is 29.3. The monoisotopic (exact) mass is 566 g/mol. The van der Waals surface area contributed by atoms with Gasteiger partial charge in [-0.05, 0) is 61.9 Å². The summed E-state index contributed by atoms with van der Waals surface area (Å²) < 4.78 is 7.51. The van der Waals surface area contributed by atoms with Crippen LogP contribution in [-0.2, 0) is 22.6 Å². The molecule has 2 aromatic carbocycles. The Morgan fingerprint density at radius 2 is 1.86 bits per heavy atom. The molecule has 1 saturated carbocycles.